The fourth-order valence-corrected chi connectivity index (χ4v) is 4.19. The first-order valence-electron chi connectivity index (χ1n) is 4.50. The SMILES string of the molecule is COc1ccc(OC)c2c1CSS(=O)C2. The van der Waals surface area contributed by atoms with Crippen molar-refractivity contribution in [1.82, 2.24) is 0 Å². The van der Waals surface area contributed by atoms with E-state index in [-0.39, 0.29) is 0 Å². The number of ether oxygens (including phenoxy) is 2. The van der Waals surface area contributed by atoms with Gasteiger partial charge in [0.25, 0.3) is 0 Å². The molecule has 0 aromatic heterocycles. The van der Waals surface area contributed by atoms with Gasteiger partial charge in [0.15, 0.2) is 0 Å². The molecule has 2 rings (SSSR count). The van der Waals surface area contributed by atoms with E-state index in [4.69, 9.17) is 9.47 Å². The Morgan fingerprint density at radius 2 is 1.80 bits per heavy atom. The van der Waals surface area contributed by atoms with Crippen molar-refractivity contribution < 1.29 is 13.7 Å². The van der Waals surface area contributed by atoms with E-state index in [2.05, 4.69) is 0 Å². The molecule has 0 aliphatic carbocycles. The molecule has 1 aromatic rings. The number of hydrogen-bond acceptors (Lipinski definition) is 4. The molecule has 1 aliphatic heterocycles. The highest BCUT2D eigenvalue weighted by molar-refractivity contribution is 8.68. The van der Waals surface area contributed by atoms with Gasteiger partial charge in [-0.05, 0) is 12.1 Å². The Hall–Kier alpha value is -0.680. The molecule has 0 bridgehead atoms. The average molecular weight is 244 g/mol. The molecule has 1 atom stereocenters. The monoisotopic (exact) mass is 244 g/mol. The van der Waals surface area contributed by atoms with Crippen molar-refractivity contribution in [2.24, 2.45) is 0 Å². The average Bonchev–Trinajstić information content (AvgIpc) is 2.27. The fraction of sp³-hybridized carbons (Fsp3) is 0.400. The summed E-state index contributed by atoms with van der Waals surface area (Å²) in [5.41, 5.74) is 2.13. The Balaban J connectivity index is 2.53. The van der Waals surface area contributed by atoms with Gasteiger partial charge in [0.05, 0.1) is 29.8 Å². The van der Waals surface area contributed by atoms with Crippen molar-refractivity contribution in [1.29, 1.82) is 0 Å². The number of hydrogen-bond donors (Lipinski definition) is 0. The van der Waals surface area contributed by atoms with E-state index >= 15 is 0 Å². The minimum atomic E-state index is -0.843. The number of rotatable bonds is 2. The molecule has 0 saturated heterocycles. The summed E-state index contributed by atoms with van der Waals surface area (Å²) in [6, 6.07) is 3.76. The summed E-state index contributed by atoms with van der Waals surface area (Å²) in [6.45, 7) is 0. The van der Waals surface area contributed by atoms with Gasteiger partial charge in [-0.25, -0.2) is 4.21 Å². The van der Waals surface area contributed by atoms with Gasteiger partial charge in [-0.2, -0.15) is 0 Å². The van der Waals surface area contributed by atoms with Crippen molar-refractivity contribution in [3.05, 3.63) is 23.3 Å². The van der Waals surface area contributed by atoms with E-state index < -0.39 is 9.83 Å². The maximum absolute atomic E-state index is 11.5. The largest absolute Gasteiger partial charge is 0.496 e. The van der Waals surface area contributed by atoms with E-state index in [1.807, 2.05) is 12.1 Å². The highest BCUT2D eigenvalue weighted by atomic mass is 33.1. The van der Waals surface area contributed by atoms with Gasteiger partial charge in [0.2, 0.25) is 0 Å². The Bertz CT molecular complexity index is 404. The number of benzene rings is 1. The topological polar surface area (TPSA) is 35.5 Å². The van der Waals surface area contributed by atoms with Gasteiger partial charge >= 0.3 is 0 Å². The van der Waals surface area contributed by atoms with Crippen LogP contribution in [0.4, 0.5) is 0 Å². The van der Waals surface area contributed by atoms with Crippen LogP contribution in [0.25, 0.3) is 0 Å². The number of fused-ring (bicyclic) bond motifs is 1. The second kappa shape index (κ2) is 4.45. The lowest BCUT2D eigenvalue weighted by Crippen LogP contribution is -2.07. The number of methoxy groups -OCH3 is 2. The Labute approximate surface area is 95.0 Å². The highest BCUT2D eigenvalue weighted by Gasteiger charge is 2.22. The molecule has 5 heteroatoms. The molecule has 1 unspecified atom stereocenters. The third-order valence-corrected chi connectivity index (χ3v) is 5.07. The van der Waals surface area contributed by atoms with E-state index in [0.717, 1.165) is 28.4 Å². The van der Waals surface area contributed by atoms with Gasteiger partial charge in [-0.15, -0.1) is 0 Å². The van der Waals surface area contributed by atoms with E-state index in [1.165, 1.54) is 10.8 Å². The molecule has 0 amide bonds. The van der Waals surface area contributed by atoms with Crippen LogP contribution in [0, 0.1) is 0 Å². The minimum absolute atomic E-state index is 0.542. The third kappa shape index (κ3) is 1.99. The molecule has 0 fully saturated rings. The summed E-state index contributed by atoms with van der Waals surface area (Å²) in [7, 11) is 3.89. The van der Waals surface area contributed by atoms with E-state index in [1.54, 1.807) is 14.2 Å². The standard InChI is InChI=1S/C10H12O3S2/c1-12-9-3-4-10(13-2)8-6-15(11)14-5-7(8)9/h3-4H,5-6H2,1-2H3. The molecule has 15 heavy (non-hydrogen) atoms. The zero-order chi connectivity index (χ0) is 10.8. The van der Waals surface area contributed by atoms with Crippen LogP contribution in [0.1, 0.15) is 11.1 Å². The zero-order valence-electron chi connectivity index (χ0n) is 8.61. The van der Waals surface area contributed by atoms with Crippen LogP contribution in [0.3, 0.4) is 0 Å². The lowest BCUT2D eigenvalue weighted by molar-refractivity contribution is 0.397. The molecule has 1 heterocycles. The van der Waals surface area contributed by atoms with Crippen LogP contribution in [0.2, 0.25) is 0 Å². The quantitative estimate of drug-likeness (QED) is 0.746. The molecule has 3 nitrogen and oxygen atoms in total. The van der Waals surface area contributed by atoms with Crippen LogP contribution in [-0.4, -0.2) is 18.4 Å². The van der Waals surface area contributed by atoms with E-state index in [0.29, 0.717) is 5.75 Å². The van der Waals surface area contributed by atoms with Crippen molar-refractivity contribution >= 4 is 20.6 Å². The summed E-state index contributed by atoms with van der Waals surface area (Å²) in [5.74, 6) is 2.93. The van der Waals surface area contributed by atoms with Gasteiger partial charge in [0.1, 0.15) is 11.5 Å². The molecule has 0 saturated carbocycles. The van der Waals surface area contributed by atoms with Crippen molar-refractivity contribution in [2.75, 3.05) is 14.2 Å². The van der Waals surface area contributed by atoms with Crippen LogP contribution < -0.4 is 9.47 Å². The molecule has 82 valence electrons. The van der Waals surface area contributed by atoms with Crippen LogP contribution in [-0.2, 0) is 21.3 Å². The Morgan fingerprint density at radius 3 is 2.40 bits per heavy atom. The molecule has 0 spiro atoms. The lowest BCUT2D eigenvalue weighted by atomic mass is 10.1. The summed E-state index contributed by atoms with van der Waals surface area (Å²) >= 11 is 0. The molecule has 1 aliphatic rings. The smallest absolute Gasteiger partial charge is 0.123 e. The van der Waals surface area contributed by atoms with E-state index in [9.17, 15) is 4.21 Å². The first-order chi connectivity index (χ1) is 7.26. The Kier molecular flexibility index (Phi) is 3.21. The lowest BCUT2D eigenvalue weighted by Gasteiger charge is -2.20. The van der Waals surface area contributed by atoms with Crippen molar-refractivity contribution in [3.8, 4) is 11.5 Å². The fourth-order valence-electron chi connectivity index (χ4n) is 1.63. The van der Waals surface area contributed by atoms with Crippen molar-refractivity contribution in [3.63, 3.8) is 0 Å². The zero-order valence-corrected chi connectivity index (χ0v) is 10.2. The maximum atomic E-state index is 11.5. The van der Waals surface area contributed by atoms with Gasteiger partial charge in [-0.3, -0.25) is 0 Å². The summed E-state index contributed by atoms with van der Waals surface area (Å²) in [5, 5.41) is 0. The second-order valence-electron chi connectivity index (χ2n) is 3.14. The molecule has 0 radical (unpaired) electrons. The molecular formula is C10H12O3S2. The first kappa shape index (κ1) is 10.8. The van der Waals surface area contributed by atoms with Gasteiger partial charge < -0.3 is 9.47 Å². The van der Waals surface area contributed by atoms with Gasteiger partial charge in [0, 0.05) is 16.9 Å². The van der Waals surface area contributed by atoms with Crippen molar-refractivity contribution in [2.45, 2.75) is 11.5 Å². The minimum Gasteiger partial charge on any atom is -0.496 e. The van der Waals surface area contributed by atoms with Crippen LogP contribution in [0.15, 0.2) is 12.1 Å². The summed E-state index contributed by atoms with van der Waals surface area (Å²) < 4.78 is 22.0. The normalized spacial score (nSPS) is 19.5. The summed E-state index contributed by atoms with van der Waals surface area (Å²) in [4.78, 5) is 0. The predicted octanol–water partition coefficient (Wildman–Crippen LogP) is 2.11. The maximum Gasteiger partial charge on any atom is 0.123 e. The highest BCUT2D eigenvalue weighted by Crippen LogP contribution is 2.39. The van der Waals surface area contributed by atoms with Crippen LogP contribution >= 0.6 is 10.8 Å². The predicted molar refractivity (Wildman–Crippen MR) is 62.7 cm³/mol. The summed E-state index contributed by atoms with van der Waals surface area (Å²) in [6.07, 6.45) is 0. The van der Waals surface area contributed by atoms with Gasteiger partial charge in [-0.1, -0.05) is 10.8 Å². The molecule has 1 aromatic carbocycles. The van der Waals surface area contributed by atoms with Crippen LogP contribution in [0.5, 0.6) is 11.5 Å². The Morgan fingerprint density at radius 1 is 1.20 bits per heavy atom. The molecule has 0 N–H and O–H groups in total. The third-order valence-electron chi connectivity index (χ3n) is 2.38. The molecular weight excluding hydrogens is 232 g/mol. The second-order valence-corrected chi connectivity index (χ2v) is 6.38. The first-order valence-corrected chi connectivity index (χ1v) is 7.32.